The molecule has 0 saturated heterocycles. The summed E-state index contributed by atoms with van der Waals surface area (Å²) in [4.78, 5) is 0. The lowest BCUT2D eigenvalue weighted by Crippen LogP contribution is -2.01. The highest BCUT2D eigenvalue weighted by Crippen LogP contribution is 2.32. The fraction of sp³-hybridized carbons (Fsp3) is 0.294. The van der Waals surface area contributed by atoms with Gasteiger partial charge < -0.3 is 24.8 Å². The number of hydrogen-bond donors (Lipinski definition) is 3. The second kappa shape index (κ2) is 7.04. The number of phenols is 2. The maximum Gasteiger partial charge on any atom is 0.125 e. The molecule has 0 aliphatic rings. The highest BCUT2D eigenvalue weighted by Gasteiger charge is 2.14. The number of aliphatic hydroxyl groups is 1. The Kier molecular flexibility index (Phi) is 5.12. The van der Waals surface area contributed by atoms with Gasteiger partial charge in [-0.1, -0.05) is 6.07 Å². The highest BCUT2D eigenvalue weighted by molar-refractivity contribution is 5.42. The molecule has 2 rings (SSSR count). The fourth-order valence-electron chi connectivity index (χ4n) is 2.32. The second-order valence-corrected chi connectivity index (χ2v) is 4.98. The molecule has 0 saturated carbocycles. The van der Waals surface area contributed by atoms with Gasteiger partial charge in [0.2, 0.25) is 0 Å². The Balaban J connectivity index is 2.09. The van der Waals surface area contributed by atoms with Crippen molar-refractivity contribution in [3.8, 4) is 23.0 Å². The van der Waals surface area contributed by atoms with E-state index < -0.39 is 6.10 Å². The van der Waals surface area contributed by atoms with E-state index in [1.165, 1.54) is 18.2 Å². The van der Waals surface area contributed by atoms with Crippen LogP contribution in [0.25, 0.3) is 0 Å². The first-order valence-electron chi connectivity index (χ1n) is 6.96. The molecule has 1 atom stereocenters. The molecule has 0 heterocycles. The average molecular weight is 304 g/mol. The number of aromatic hydroxyl groups is 2. The lowest BCUT2D eigenvalue weighted by atomic mass is 10.00. The number of aliphatic hydroxyl groups excluding tert-OH is 1. The number of ether oxygens (including phenoxy) is 2. The molecule has 3 N–H and O–H groups in total. The summed E-state index contributed by atoms with van der Waals surface area (Å²) in [5.41, 5.74) is 1.34. The van der Waals surface area contributed by atoms with E-state index in [9.17, 15) is 15.3 Å². The van der Waals surface area contributed by atoms with Crippen molar-refractivity contribution < 1.29 is 24.8 Å². The van der Waals surface area contributed by atoms with Crippen LogP contribution >= 0.6 is 0 Å². The van der Waals surface area contributed by atoms with Crippen LogP contribution in [0.2, 0.25) is 0 Å². The Labute approximate surface area is 129 Å². The van der Waals surface area contributed by atoms with Crippen LogP contribution < -0.4 is 9.47 Å². The van der Waals surface area contributed by atoms with Gasteiger partial charge in [-0.2, -0.15) is 0 Å². The Bertz CT molecular complexity index is 639. The first-order valence-corrected chi connectivity index (χ1v) is 6.96. The van der Waals surface area contributed by atoms with Gasteiger partial charge >= 0.3 is 0 Å². The smallest absolute Gasteiger partial charge is 0.125 e. The van der Waals surface area contributed by atoms with Crippen molar-refractivity contribution >= 4 is 0 Å². The van der Waals surface area contributed by atoms with Crippen molar-refractivity contribution in [2.45, 2.75) is 18.9 Å². The molecule has 1 unspecified atom stereocenters. The molecule has 2 aromatic rings. The quantitative estimate of drug-likeness (QED) is 0.765. The van der Waals surface area contributed by atoms with Crippen LogP contribution in [0.3, 0.4) is 0 Å². The van der Waals surface area contributed by atoms with Crippen molar-refractivity contribution in [2.75, 3.05) is 14.2 Å². The summed E-state index contributed by atoms with van der Waals surface area (Å²) < 4.78 is 10.5. The van der Waals surface area contributed by atoms with Crippen molar-refractivity contribution in [2.24, 2.45) is 0 Å². The standard InChI is InChI=1S/C17H20O5/c1-21-13-6-3-11(17(10-13)22-2)4-8-15(19)14-7-5-12(18)9-16(14)20/h3,5-7,9-10,15,18-20H,4,8H2,1-2H3. The third kappa shape index (κ3) is 3.62. The first kappa shape index (κ1) is 16.0. The number of rotatable bonds is 6. The van der Waals surface area contributed by atoms with Gasteiger partial charge in [-0.15, -0.1) is 0 Å². The van der Waals surface area contributed by atoms with Gasteiger partial charge in [0.1, 0.15) is 23.0 Å². The van der Waals surface area contributed by atoms with Gasteiger partial charge in [0.25, 0.3) is 0 Å². The van der Waals surface area contributed by atoms with Crippen LogP contribution in [-0.2, 0) is 6.42 Å². The Morgan fingerprint density at radius 3 is 2.41 bits per heavy atom. The summed E-state index contributed by atoms with van der Waals surface area (Å²) in [7, 11) is 3.17. The predicted octanol–water partition coefficient (Wildman–Crippen LogP) is 2.78. The molecule has 0 aliphatic heterocycles. The van der Waals surface area contributed by atoms with Crippen LogP contribution in [-0.4, -0.2) is 29.5 Å². The van der Waals surface area contributed by atoms with E-state index in [4.69, 9.17) is 9.47 Å². The van der Waals surface area contributed by atoms with Crippen LogP contribution in [0.15, 0.2) is 36.4 Å². The monoisotopic (exact) mass is 304 g/mol. The summed E-state index contributed by atoms with van der Waals surface area (Å²) in [5, 5.41) is 29.3. The molecule has 2 aromatic carbocycles. The van der Waals surface area contributed by atoms with Crippen LogP contribution in [0.5, 0.6) is 23.0 Å². The molecule has 5 nitrogen and oxygen atoms in total. The van der Waals surface area contributed by atoms with E-state index in [0.29, 0.717) is 29.9 Å². The zero-order valence-electron chi connectivity index (χ0n) is 12.6. The molecule has 118 valence electrons. The third-order valence-electron chi connectivity index (χ3n) is 3.55. The molecule has 0 spiro atoms. The first-order chi connectivity index (χ1) is 10.5. The van der Waals surface area contributed by atoms with Gasteiger partial charge in [-0.05, 0) is 36.6 Å². The maximum atomic E-state index is 10.2. The van der Waals surface area contributed by atoms with Crippen LogP contribution in [0, 0.1) is 0 Å². The summed E-state index contributed by atoms with van der Waals surface area (Å²) in [6.45, 7) is 0. The third-order valence-corrected chi connectivity index (χ3v) is 3.55. The molecule has 5 heteroatoms. The van der Waals surface area contributed by atoms with Gasteiger partial charge in [0.05, 0.1) is 20.3 Å². The van der Waals surface area contributed by atoms with E-state index in [1.54, 1.807) is 20.3 Å². The predicted molar refractivity (Wildman–Crippen MR) is 82.6 cm³/mol. The second-order valence-electron chi connectivity index (χ2n) is 4.98. The highest BCUT2D eigenvalue weighted by atomic mass is 16.5. The summed E-state index contributed by atoms with van der Waals surface area (Å²) in [5.74, 6) is 1.25. The lowest BCUT2D eigenvalue weighted by Gasteiger charge is -2.15. The summed E-state index contributed by atoms with van der Waals surface area (Å²) in [6, 6.07) is 9.68. The molecule has 0 bridgehead atoms. The zero-order valence-corrected chi connectivity index (χ0v) is 12.6. The van der Waals surface area contributed by atoms with Crippen molar-refractivity contribution in [3.63, 3.8) is 0 Å². The maximum absolute atomic E-state index is 10.2. The minimum absolute atomic E-state index is 0.0368. The van der Waals surface area contributed by atoms with Gasteiger partial charge in [0, 0.05) is 17.7 Å². The largest absolute Gasteiger partial charge is 0.508 e. The SMILES string of the molecule is COc1ccc(CCC(O)c2ccc(O)cc2O)c(OC)c1. The number of aryl methyl sites for hydroxylation is 1. The topological polar surface area (TPSA) is 79.2 Å². The van der Waals surface area contributed by atoms with Gasteiger partial charge in [-0.3, -0.25) is 0 Å². The zero-order chi connectivity index (χ0) is 16.1. The van der Waals surface area contributed by atoms with E-state index in [2.05, 4.69) is 0 Å². The Hall–Kier alpha value is -2.40. The molecule has 0 fully saturated rings. The molecule has 22 heavy (non-hydrogen) atoms. The lowest BCUT2D eigenvalue weighted by molar-refractivity contribution is 0.163. The molecular formula is C17H20O5. The molecular weight excluding hydrogens is 284 g/mol. The van der Waals surface area contributed by atoms with E-state index >= 15 is 0 Å². The van der Waals surface area contributed by atoms with Crippen LogP contribution in [0.4, 0.5) is 0 Å². The molecule has 0 radical (unpaired) electrons. The Morgan fingerprint density at radius 2 is 1.77 bits per heavy atom. The number of hydrogen-bond acceptors (Lipinski definition) is 5. The average Bonchev–Trinajstić information content (AvgIpc) is 2.52. The number of methoxy groups -OCH3 is 2. The Morgan fingerprint density at radius 1 is 1.00 bits per heavy atom. The minimum Gasteiger partial charge on any atom is -0.508 e. The molecule has 0 amide bonds. The van der Waals surface area contributed by atoms with E-state index in [-0.39, 0.29) is 11.5 Å². The summed E-state index contributed by atoms with van der Waals surface area (Å²) >= 11 is 0. The molecule has 0 aliphatic carbocycles. The summed E-state index contributed by atoms with van der Waals surface area (Å²) in [6.07, 6.45) is 0.169. The fourth-order valence-corrected chi connectivity index (χ4v) is 2.32. The number of phenolic OH excluding ortho intramolecular Hbond substituents is 2. The van der Waals surface area contributed by atoms with Crippen molar-refractivity contribution in [3.05, 3.63) is 47.5 Å². The van der Waals surface area contributed by atoms with E-state index in [0.717, 1.165) is 5.56 Å². The van der Waals surface area contributed by atoms with E-state index in [1.807, 2.05) is 12.1 Å². The van der Waals surface area contributed by atoms with Crippen molar-refractivity contribution in [1.29, 1.82) is 0 Å². The molecule has 0 aromatic heterocycles. The van der Waals surface area contributed by atoms with Crippen LogP contribution in [0.1, 0.15) is 23.7 Å². The van der Waals surface area contributed by atoms with Crippen molar-refractivity contribution in [1.82, 2.24) is 0 Å². The van der Waals surface area contributed by atoms with Gasteiger partial charge in [-0.25, -0.2) is 0 Å². The minimum atomic E-state index is -0.826. The number of benzene rings is 2. The van der Waals surface area contributed by atoms with Gasteiger partial charge in [0.15, 0.2) is 0 Å². The normalized spacial score (nSPS) is 12.0.